The van der Waals surface area contributed by atoms with Crippen molar-refractivity contribution in [1.29, 1.82) is 0 Å². The molecule has 2 aliphatic rings. The fraction of sp³-hybridized carbons (Fsp3) is 0.818. The Balaban J connectivity index is 1.91. The van der Waals surface area contributed by atoms with Gasteiger partial charge in [0.05, 0.1) is 32.3 Å². The van der Waals surface area contributed by atoms with E-state index in [0.29, 0.717) is 26.3 Å². The van der Waals surface area contributed by atoms with E-state index < -0.39 is 11.9 Å². The van der Waals surface area contributed by atoms with E-state index in [1.54, 1.807) is 0 Å². The van der Waals surface area contributed by atoms with E-state index in [4.69, 9.17) is 15.2 Å². The Hall–Kier alpha value is -1.18. The van der Waals surface area contributed by atoms with Crippen LogP contribution in [0.15, 0.2) is 0 Å². The summed E-state index contributed by atoms with van der Waals surface area (Å²) < 4.78 is 10.7. The highest BCUT2D eigenvalue weighted by Gasteiger charge is 2.32. The van der Waals surface area contributed by atoms with E-state index in [9.17, 15) is 9.59 Å². The number of morpholine rings is 2. The quantitative estimate of drug-likeness (QED) is 0.614. The maximum atomic E-state index is 12.1. The Kier molecular flexibility index (Phi) is 4.51. The molecule has 18 heavy (non-hydrogen) atoms. The minimum atomic E-state index is -0.650. The first-order valence-electron chi connectivity index (χ1n) is 6.17. The molecule has 2 amide bonds. The number of amides is 2. The van der Waals surface area contributed by atoms with Crippen LogP contribution in [0.25, 0.3) is 0 Å². The van der Waals surface area contributed by atoms with E-state index >= 15 is 0 Å². The van der Waals surface area contributed by atoms with Crippen LogP contribution in [0.3, 0.4) is 0 Å². The fourth-order valence-electron chi connectivity index (χ4n) is 2.20. The number of hydrogen-bond acceptors (Lipinski definition) is 5. The number of ether oxygens (including phenoxy) is 2. The van der Waals surface area contributed by atoms with E-state index in [1.165, 1.54) is 4.90 Å². The number of hydrogen-bond donors (Lipinski definition) is 2. The average Bonchev–Trinajstić information content (AvgIpc) is 2.40. The van der Waals surface area contributed by atoms with Crippen molar-refractivity contribution in [1.82, 2.24) is 10.2 Å². The number of carbonyl (C=O) groups excluding carboxylic acids is 2. The molecule has 102 valence electrons. The van der Waals surface area contributed by atoms with Gasteiger partial charge in [0.25, 0.3) is 0 Å². The van der Waals surface area contributed by atoms with Crippen molar-refractivity contribution in [2.45, 2.75) is 18.6 Å². The summed E-state index contributed by atoms with van der Waals surface area (Å²) in [5, 5.41) is 3.17. The van der Waals surface area contributed by atoms with Gasteiger partial charge in [-0.2, -0.15) is 0 Å². The molecule has 0 radical (unpaired) electrons. The highest BCUT2D eigenvalue weighted by Crippen LogP contribution is 2.11. The van der Waals surface area contributed by atoms with Crippen LogP contribution in [0, 0.1) is 0 Å². The first kappa shape index (κ1) is 13.3. The Morgan fingerprint density at radius 3 is 2.89 bits per heavy atom. The zero-order chi connectivity index (χ0) is 13.0. The van der Waals surface area contributed by atoms with Crippen molar-refractivity contribution in [2.75, 3.05) is 39.5 Å². The Morgan fingerprint density at radius 1 is 1.39 bits per heavy atom. The minimum absolute atomic E-state index is 0.101. The van der Waals surface area contributed by atoms with Gasteiger partial charge in [-0.3, -0.25) is 9.59 Å². The molecular formula is C11H19N3O4. The van der Waals surface area contributed by atoms with E-state index in [-0.39, 0.29) is 25.0 Å². The monoisotopic (exact) mass is 257 g/mol. The predicted molar refractivity (Wildman–Crippen MR) is 62.7 cm³/mol. The maximum Gasteiger partial charge on any atom is 0.242 e. The van der Waals surface area contributed by atoms with Gasteiger partial charge in [0.15, 0.2) is 0 Å². The van der Waals surface area contributed by atoms with Crippen LogP contribution in [0.4, 0.5) is 0 Å². The van der Waals surface area contributed by atoms with Crippen molar-refractivity contribution in [3.63, 3.8) is 0 Å². The summed E-state index contributed by atoms with van der Waals surface area (Å²) in [4.78, 5) is 24.9. The molecule has 0 bridgehead atoms. The van der Waals surface area contributed by atoms with Crippen LogP contribution in [-0.2, 0) is 19.1 Å². The van der Waals surface area contributed by atoms with Gasteiger partial charge >= 0.3 is 0 Å². The van der Waals surface area contributed by atoms with Gasteiger partial charge in [-0.25, -0.2) is 0 Å². The number of carbonyl (C=O) groups is 2. The van der Waals surface area contributed by atoms with E-state index in [0.717, 1.165) is 6.54 Å². The summed E-state index contributed by atoms with van der Waals surface area (Å²) in [5.74, 6) is -0.624. The lowest BCUT2D eigenvalue weighted by molar-refractivity contribution is -0.149. The van der Waals surface area contributed by atoms with Gasteiger partial charge in [-0.1, -0.05) is 0 Å². The molecule has 2 atom stereocenters. The van der Waals surface area contributed by atoms with E-state index in [2.05, 4.69) is 5.32 Å². The molecule has 7 nitrogen and oxygen atoms in total. The van der Waals surface area contributed by atoms with Gasteiger partial charge in [-0.15, -0.1) is 0 Å². The summed E-state index contributed by atoms with van der Waals surface area (Å²) in [7, 11) is 0. The largest absolute Gasteiger partial charge is 0.377 e. The molecule has 3 N–H and O–H groups in total. The van der Waals surface area contributed by atoms with Crippen LogP contribution in [0.5, 0.6) is 0 Å². The Labute approximate surface area is 106 Å². The smallest absolute Gasteiger partial charge is 0.242 e. The van der Waals surface area contributed by atoms with Crippen LogP contribution in [0.2, 0.25) is 0 Å². The van der Waals surface area contributed by atoms with E-state index in [1.807, 2.05) is 0 Å². The number of nitrogens with one attached hydrogen (secondary N) is 1. The third kappa shape index (κ3) is 3.18. The molecule has 2 aliphatic heterocycles. The second kappa shape index (κ2) is 6.12. The lowest BCUT2D eigenvalue weighted by Gasteiger charge is -2.35. The molecule has 2 saturated heterocycles. The average molecular weight is 257 g/mol. The first-order valence-corrected chi connectivity index (χ1v) is 6.17. The van der Waals surface area contributed by atoms with Crippen LogP contribution in [0.1, 0.15) is 6.42 Å². The Morgan fingerprint density at radius 2 is 2.22 bits per heavy atom. The SMILES string of the molecule is NC(=O)C1COCCN1C(=O)CC1CNCCO1. The maximum absolute atomic E-state index is 12.1. The van der Waals surface area contributed by atoms with Crippen molar-refractivity contribution in [2.24, 2.45) is 5.73 Å². The van der Waals surface area contributed by atoms with Crippen LogP contribution in [-0.4, -0.2) is 68.3 Å². The topological polar surface area (TPSA) is 93.9 Å². The number of primary amides is 1. The molecule has 0 aromatic carbocycles. The molecule has 0 spiro atoms. The highest BCUT2D eigenvalue weighted by molar-refractivity contribution is 5.87. The van der Waals surface area contributed by atoms with Gasteiger partial charge < -0.3 is 25.4 Å². The molecule has 2 heterocycles. The molecule has 0 aromatic rings. The van der Waals surface area contributed by atoms with Crippen molar-refractivity contribution in [3.05, 3.63) is 0 Å². The summed E-state index contributed by atoms with van der Waals surface area (Å²) in [6.07, 6.45) is 0.152. The predicted octanol–water partition coefficient (Wildman–Crippen LogP) is -1.92. The summed E-state index contributed by atoms with van der Waals surface area (Å²) >= 11 is 0. The fourth-order valence-corrected chi connectivity index (χ4v) is 2.20. The zero-order valence-electron chi connectivity index (χ0n) is 10.3. The summed E-state index contributed by atoms with van der Waals surface area (Å²) in [5.41, 5.74) is 5.27. The highest BCUT2D eigenvalue weighted by atomic mass is 16.5. The van der Waals surface area contributed by atoms with Crippen LogP contribution < -0.4 is 11.1 Å². The molecule has 2 unspecified atom stereocenters. The van der Waals surface area contributed by atoms with Crippen molar-refractivity contribution < 1.29 is 19.1 Å². The second-order valence-corrected chi connectivity index (χ2v) is 4.48. The van der Waals surface area contributed by atoms with Gasteiger partial charge in [0, 0.05) is 19.6 Å². The van der Waals surface area contributed by atoms with Crippen molar-refractivity contribution >= 4 is 11.8 Å². The standard InChI is InChI=1S/C11H19N3O4/c12-11(16)9-7-17-4-2-14(9)10(15)5-8-6-13-1-3-18-8/h8-9,13H,1-7H2,(H2,12,16). The first-order chi connectivity index (χ1) is 8.68. The van der Waals surface area contributed by atoms with Gasteiger partial charge in [0.2, 0.25) is 11.8 Å². The molecule has 0 aromatic heterocycles. The molecule has 7 heteroatoms. The minimum Gasteiger partial charge on any atom is -0.377 e. The third-order valence-electron chi connectivity index (χ3n) is 3.18. The van der Waals surface area contributed by atoms with Gasteiger partial charge in [-0.05, 0) is 0 Å². The second-order valence-electron chi connectivity index (χ2n) is 4.48. The molecule has 0 aliphatic carbocycles. The zero-order valence-corrected chi connectivity index (χ0v) is 10.3. The summed E-state index contributed by atoms with van der Waals surface area (Å²) in [6, 6.07) is -0.650. The molecule has 2 fully saturated rings. The number of nitrogens with zero attached hydrogens (tertiary/aromatic N) is 1. The normalized spacial score (nSPS) is 29.0. The van der Waals surface area contributed by atoms with Gasteiger partial charge in [0.1, 0.15) is 6.04 Å². The number of rotatable bonds is 3. The molecule has 0 saturated carbocycles. The summed E-state index contributed by atoms with van der Waals surface area (Å²) in [6.45, 7) is 3.13. The number of nitrogens with two attached hydrogens (primary N) is 1. The lowest BCUT2D eigenvalue weighted by Crippen LogP contribution is -2.55. The lowest BCUT2D eigenvalue weighted by atomic mass is 10.1. The molecular weight excluding hydrogens is 238 g/mol. The third-order valence-corrected chi connectivity index (χ3v) is 3.18. The molecule has 2 rings (SSSR count). The van der Waals surface area contributed by atoms with Crippen molar-refractivity contribution in [3.8, 4) is 0 Å². The van der Waals surface area contributed by atoms with Crippen LogP contribution >= 0.6 is 0 Å². The Bertz CT molecular complexity index is 317.